The van der Waals surface area contributed by atoms with Crippen molar-refractivity contribution < 1.29 is 18.3 Å². The van der Waals surface area contributed by atoms with Gasteiger partial charge in [0.05, 0.1) is 0 Å². The molecule has 6 heteroatoms. The summed E-state index contributed by atoms with van der Waals surface area (Å²) in [5.74, 6) is -2.77. The number of carbonyl (C=O) groups excluding carboxylic acids is 1. The summed E-state index contributed by atoms with van der Waals surface area (Å²) < 4.78 is 32.3. The minimum Gasteiger partial charge on any atom is -0.478 e. The zero-order chi connectivity index (χ0) is 15.3. The van der Waals surface area contributed by atoms with E-state index in [0.29, 0.717) is 4.47 Å². The van der Waals surface area contributed by atoms with Crippen LogP contribution in [0.5, 0.6) is 5.75 Å². The van der Waals surface area contributed by atoms with Crippen molar-refractivity contribution in [3.8, 4) is 5.75 Å². The van der Waals surface area contributed by atoms with Gasteiger partial charge < -0.3 is 10.1 Å². The molecule has 0 fully saturated rings. The number of hydrogen-bond acceptors (Lipinski definition) is 2. The second-order valence-electron chi connectivity index (χ2n) is 4.66. The van der Waals surface area contributed by atoms with Crippen LogP contribution in [0.15, 0.2) is 16.6 Å². The molecule has 0 saturated carbocycles. The number of nitrogens with one attached hydrogen (secondary N) is 1. The second-order valence-corrected chi connectivity index (χ2v) is 5.57. The Kier molecular flexibility index (Phi) is 6.39. The third-order valence-corrected chi connectivity index (χ3v) is 3.20. The molecule has 0 saturated heterocycles. The first kappa shape index (κ1) is 16.9. The lowest BCUT2D eigenvalue weighted by Crippen LogP contribution is -2.41. The lowest BCUT2D eigenvalue weighted by molar-refractivity contribution is -0.128. The molecular formula is C14H18BrF2NO2. The van der Waals surface area contributed by atoms with Crippen LogP contribution in [-0.4, -0.2) is 18.1 Å². The van der Waals surface area contributed by atoms with Crippen molar-refractivity contribution >= 4 is 21.8 Å². The summed E-state index contributed by atoms with van der Waals surface area (Å²) in [6, 6.07) is 2.30. The molecule has 1 aromatic rings. The van der Waals surface area contributed by atoms with Crippen molar-refractivity contribution in [1.29, 1.82) is 0 Å². The van der Waals surface area contributed by atoms with Gasteiger partial charge in [-0.3, -0.25) is 4.79 Å². The fourth-order valence-corrected chi connectivity index (χ4v) is 2.14. The first-order valence-electron chi connectivity index (χ1n) is 6.46. The molecule has 0 aliphatic carbocycles. The van der Waals surface area contributed by atoms with Crippen LogP contribution in [0.4, 0.5) is 8.78 Å². The molecule has 1 rings (SSSR count). The molecule has 0 radical (unpaired) electrons. The number of amides is 1. The van der Waals surface area contributed by atoms with Crippen molar-refractivity contribution in [1.82, 2.24) is 5.32 Å². The molecular weight excluding hydrogens is 332 g/mol. The molecule has 0 aliphatic heterocycles. The van der Waals surface area contributed by atoms with Gasteiger partial charge in [-0.15, -0.1) is 0 Å². The van der Waals surface area contributed by atoms with E-state index < -0.39 is 17.7 Å². The molecule has 3 nitrogen and oxygen atoms in total. The van der Waals surface area contributed by atoms with Crippen molar-refractivity contribution in [2.24, 2.45) is 0 Å². The molecule has 0 spiro atoms. The van der Waals surface area contributed by atoms with Crippen LogP contribution in [0.25, 0.3) is 0 Å². The van der Waals surface area contributed by atoms with Crippen LogP contribution >= 0.6 is 15.9 Å². The Morgan fingerprint density at radius 1 is 1.40 bits per heavy atom. The van der Waals surface area contributed by atoms with Gasteiger partial charge in [0.25, 0.3) is 5.91 Å². The summed E-state index contributed by atoms with van der Waals surface area (Å²) in [4.78, 5) is 11.8. The fraction of sp³-hybridized carbons (Fsp3) is 0.500. The normalized spacial score (nSPS) is 13.7. The molecule has 0 aromatic heterocycles. The Labute approximate surface area is 125 Å². The Bertz CT molecular complexity index is 482. The van der Waals surface area contributed by atoms with Gasteiger partial charge in [0.2, 0.25) is 5.82 Å². The third-order valence-electron chi connectivity index (χ3n) is 2.74. The van der Waals surface area contributed by atoms with Crippen LogP contribution in [-0.2, 0) is 4.79 Å². The van der Waals surface area contributed by atoms with Crippen molar-refractivity contribution in [2.45, 2.75) is 45.8 Å². The van der Waals surface area contributed by atoms with Gasteiger partial charge in [0.15, 0.2) is 17.7 Å². The smallest absolute Gasteiger partial charge is 0.260 e. The van der Waals surface area contributed by atoms with Crippen molar-refractivity contribution in [3.05, 3.63) is 28.2 Å². The maximum absolute atomic E-state index is 13.5. The molecule has 1 N–H and O–H groups in total. The van der Waals surface area contributed by atoms with E-state index in [1.54, 1.807) is 0 Å². The van der Waals surface area contributed by atoms with E-state index in [4.69, 9.17) is 4.74 Å². The number of ether oxygens (including phenoxy) is 1. The highest BCUT2D eigenvalue weighted by Crippen LogP contribution is 2.26. The zero-order valence-corrected chi connectivity index (χ0v) is 13.3. The highest BCUT2D eigenvalue weighted by atomic mass is 79.9. The van der Waals surface area contributed by atoms with E-state index in [-0.39, 0.29) is 17.7 Å². The van der Waals surface area contributed by atoms with Crippen LogP contribution in [0.2, 0.25) is 0 Å². The van der Waals surface area contributed by atoms with E-state index in [9.17, 15) is 13.6 Å². The van der Waals surface area contributed by atoms with E-state index in [1.807, 2.05) is 13.8 Å². The monoisotopic (exact) mass is 349 g/mol. The predicted octanol–water partition coefficient (Wildman–Crippen LogP) is 3.80. The highest BCUT2D eigenvalue weighted by molar-refractivity contribution is 9.10. The summed E-state index contributed by atoms with van der Waals surface area (Å²) in [5.41, 5.74) is 0. The Morgan fingerprint density at radius 2 is 2.05 bits per heavy atom. The number of rotatable bonds is 6. The summed E-state index contributed by atoms with van der Waals surface area (Å²) in [6.45, 7) is 5.39. The minimum absolute atomic E-state index is 0.0163. The maximum Gasteiger partial charge on any atom is 0.260 e. The summed E-state index contributed by atoms with van der Waals surface area (Å²) in [6.07, 6.45) is 0.887. The lowest BCUT2D eigenvalue weighted by atomic mass is 10.2. The lowest BCUT2D eigenvalue weighted by Gasteiger charge is -2.18. The maximum atomic E-state index is 13.5. The molecule has 1 aromatic carbocycles. The van der Waals surface area contributed by atoms with Crippen molar-refractivity contribution in [2.75, 3.05) is 0 Å². The molecule has 112 valence electrons. The van der Waals surface area contributed by atoms with Crippen LogP contribution in [0.1, 0.15) is 33.6 Å². The molecule has 1 amide bonds. The average Bonchev–Trinajstić information content (AvgIpc) is 2.35. The number of benzene rings is 1. The summed E-state index contributed by atoms with van der Waals surface area (Å²) >= 11 is 3.05. The van der Waals surface area contributed by atoms with Gasteiger partial charge in [-0.25, -0.2) is 4.39 Å². The first-order chi connectivity index (χ1) is 9.35. The first-order valence-corrected chi connectivity index (χ1v) is 7.26. The van der Waals surface area contributed by atoms with Crippen LogP contribution in [0.3, 0.4) is 0 Å². The van der Waals surface area contributed by atoms with Gasteiger partial charge in [-0.1, -0.05) is 29.3 Å². The SMILES string of the molecule is CCCC(C)NC(=O)C(C)Oc1cc(Br)cc(F)c1F. The largest absolute Gasteiger partial charge is 0.478 e. The average molecular weight is 350 g/mol. The Balaban J connectivity index is 2.71. The Morgan fingerprint density at radius 3 is 2.65 bits per heavy atom. The quantitative estimate of drug-likeness (QED) is 0.793. The number of halogens is 3. The van der Waals surface area contributed by atoms with Crippen LogP contribution in [0, 0.1) is 11.6 Å². The second kappa shape index (κ2) is 7.57. The topological polar surface area (TPSA) is 38.3 Å². The van der Waals surface area contributed by atoms with Gasteiger partial charge in [0, 0.05) is 10.5 Å². The highest BCUT2D eigenvalue weighted by Gasteiger charge is 2.20. The van der Waals surface area contributed by atoms with E-state index in [1.165, 1.54) is 13.0 Å². The summed E-state index contributed by atoms with van der Waals surface area (Å²) in [7, 11) is 0. The van der Waals surface area contributed by atoms with Crippen molar-refractivity contribution in [3.63, 3.8) is 0 Å². The van der Waals surface area contributed by atoms with E-state index >= 15 is 0 Å². The molecule has 20 heavy (non-hydrogen) atoms. The molecule has 0 bridgehead atoms. The van der Waals surface area contributed by atoms with Gasteiger partial charge >= 0.3 is 0 Å². The zero-order valence-electron chi connectivity index (χ0n) is 11.7. The van der Waals surface area contributed by atoms with Gasteiger partial charge in [0.1, 0.15) is 0 Å². The molecule has 0 heterocycles. The number of hydrogen-bond donors (Lipinski definition) is 1. The third kappa shape index (κ3) is 4.74. The molecule has 2 unspecified atom stereocenters. The standard InChI is InChI=1S/C14H18BrF2NO2/c1-4-5-8(2)18-14(19)9(3)20-12-7-10(15)6-11(16)13(12)17/h6-9H,4-5H2,1-3H3,(H,18,19). The van der Waals surface area contributed by atoms with Gasteiger partial charge in [-0.05, 0) is 32.4 Å². The van der Waals surface area contributed by atoms with E-state index in [2.05, 4.69) is 21.2 Å². The van der Waals surface area contributed by atoms with Crippen LogP contribution < -0.4 is 10.1 Å². The molecule has 2 atom stereocenters. The number of carbonyl (C=O) groups is 1. The van der Waals surface area contributed by atoms with E-state index in [0.717, 1.165) is 18.9 Å². The minimum atomic E-state index is -1.10. The molecule has 0 aliphatic rings. The summed E-state index contributed by atoms with van der Waals surface area (Å²) in [5, 5.41) is 2.76. The van der Waals surface area contributed by atoms with Gasteiger partial charge in [-0.2, -0.15) is 4.39 Å². The predicted molar refractivity (Wildman–Crippen MR) is 76.7 cm³/mol. The fourth-order valence-electron chi connectivity index (χ4n) is 1.73. The Hall–Kier alpha value is -1.17.